The molecule has 0 bridgehead atoms. The van der Waals surface area contributed by atoms with Crippen molar-refractivity contribution in [1.29, 1.82) is 0 Å². The molecule has 8 heteroatoms. The Morgan fingerprint density at radius 3 is 2.72 bits per heavy atom. The van der Waals surface area contributed by atoms with Gasteiger partial charge in [-0.3, -0.25) is 4.79 Å². The van der Waals surface area contributed by atoms with Crippen molar-refractivity contribution in [3.05, 3.63) is 83.5 Å². The van der Waals surface area contributed by atoms with Gasteiger partial charge in [0.2, 0.25) is 11.7 Å². The zero-order valence-electron chi connectivity index (χ0n) is 15.4. The third-order valence-electron chi connectivity index (χ3n) is 5.17. The third-order valence-corrected chi connectivity index (χ3v) is 5.49. The van der Waals surface area contributed by atoms with E-state index in [1.807, 2.05) is 47.6 Å². The standard InChI is InChI=1S/C21H18ClN5O2/c22-16-9-5-4-8-15(16)20-23-19(29-25-20)13-26-10-11-27-18(21(26)28)12-17(24-27)14-6-2-1-3-7-14/h1-11,17-18,24H,12-13H2. The van der Waals surface area contributed by atoms with Crippen molar-refractivity contribution in [3.63, 3.8) is 0 Å². The van der Waals surface area contributed by atoms with Gasteiger partial charge in [-0.05, 0) is 24.1 Å². The van der Waals surface area contributed by atoms with Gasteiger partial charge in [0.25, 0.3) is 5.91 Å². The first-order valence-corrected chi connectivity index (χ1v) is 9.72. The molecule has 2 atom stereocenters. The van der Waals surface area contributed by atoms with Crippen molar-refractivity contribution < 1.29 is 9.32 Å². The van der Waals surface area contributed by atoms with Gasteiger partial charge in [-0.15, -0.1) is 0 Å². The first kappa shape index (κ1) is 17.9. The minimum Gasteiger partial charge on any atom is -0.337 e. The molecule has 1 N–H and O–H groups in total. The smallest absolute Gasteiger partial charge is 0.251 e. The maximum Gasteiger partial charge on any atom is 0.251 e. The van der Waals surface area contributed by atoms with Crippen LogP contribution in [0.3, 0.4) is 0 Å². The van der Waals surface area contributed by atoms with Crippen LogP contribution in [-0.2, 0) is 11.3 Å². The number of hydrazine groups is 1. The second kappa shape index (κ2) is 7.35. The van der Waals surface area contributed by atoms with Crippen molar-refractivity contribution in [2.75, 3.05) is 0 Å². The minimum atomic E-state index is -0.267. The first-order valence-electron chi connectivity index (χ1n) is 9.35. The SMILES string of the molecule is O=C1C2CC(c3ccccc3)NN2C=CN1Cc1nc(-c2ccccc2Cl)no1. The number of nitrogens with zero attached hydrogens (tertiary/aromatic N) is 4. The van der Waals surface area contributed by atoms with Gasteiger partial charge < -0.3 is 14.4 Å². The van der Waals surface area contributed by atoms with Crippen LogP contribution in [0, 0.1) is 0 Å². The van der Waals surface area contributed by atoms with E-state index in [9.17, 15) is 4.79 Å². The Balaban J connectivity index is 1.30. The molecule has 2 unspecified atom stereocenters. The van der Waals surface area contributed by atoms with E-state index in [-0.39, 0.29) is 24.5 Å². The zero-order chi connectivity index (χ0) is 19.8. The molecule has 7 nitrogen and oxygen atoms in total. The predicted octanol–water partition coefficient (Wildman–Crippen LogP) is 3.52. The molecule has 1 saturated heterocycles. The molecule has 0 radical (unpaired) electrons. The minimum absolute atomic E-state index is 0.00377. The highest BCUT2D eigenvalue weighted by Crippen LogP contribution is 2.31. The van der Waals surface area contributed by atoms with Crippen LogP contribution in [0.4, 0.5) is 0 Å². The van der Waals surface area contributed by atoms with Gasteiger partial charge in [-0.1, -0.05) is 59.2 Å². The molecular weight excluding hydrogens is 390 g/mol. The van der Waals surface area contributed by atoms with E-state index >= 15 is 0 Å². The fourth-order valence-electron chi connectivity index (χ4n) is 3.69. The van der Waals surface area contributed by atoms with E-state index in [1.54, 1.807) is 17.2 Å². The predicted molar refractivity (Wildman–Crippen MR) is 107 cm³/mol. The number of fused-ring (bicyclic) bond motifs is 1. The van der Waals surface area contributed by atoms with Crippen LogP contribution in [0.2, 0.25) is 5.02 Å². The molecule has 0 saturated carbocycles. The Labute approximate surface area is 172 Å². The number of carbonyl (C=O) groups excluding carboxylic acids is 1. The number of hydrogen-bond donors (Lipinski definition) is 1. The van der Waals surface area contributed by atoms with Crippen molar-refractivity contribution in [1.82, 2.24) is 25.5 Å². The molecule has 3 aromatic rings. The number of benzene rings is 2. The van der Waals surface area contributed by atoms with Gasteiger partial charge in [0.15, 0.2) is 0 Å². The summed E-state index contributed by atoms with van der Waals surface area (Å²) in [5.41, 5.74) is 5.25. The highest BCUT2D eigenvalue weighted by atomic mass is 35.5. The van der Waals surface area contributed by atoms with E-state index in [0.29, 0.717) is 28.7 Å². The second-order valence-electron chi connectivity index (χ2n) is 7.01. The largest absolute Gasteiger partial charge is 0.337 e. The van der Waals surface area contributed by atoms with Crippen LogP contribution >= 0.6 is 11.6 Å². The monoisotopic (exact) mass is 407 g/mol. The quantitative estimate of drug-likeness (QED) is 0.713. The molecular formula is C21H18ClN5O2. The average molecular weight is 408 g/mol. The van der Waals surface area contributed by atoms with E-state index in [1.165, 1.54) is 0 Å². The molecule has 3 heterocycles. The summed E-state index contributed by atoms with van der Waals surface area (Å²) < 4.78 is 5.35. The molecule has 0 spiro atoms. The van der Waals surface area contributed by atoms with Crippen LogP contribution in [-0.4, -0.2) is 32.0 Å². The molecule has 1 amide bonds. The highest BCUT2D eigenvalue weighted by Gasteiger charge is 2.40. The van der Waals surface area contributed by atoms with E-state index in [4.69, 9.17) is 16.1 Å². The number of rotatable bonds is 4. The summed E-state index contributed by atoms with van der Waals surface area (Å²) in [5, 5.41) is 6.42. The maximum atomic E-state index is 13.0. The van der Waals surface area contributed by atoms with Gasteiger partial charge in [-0.25, -0.2) is 5.43 Å². The Bertz CT molecular complexity index is 1070. The van der Waals surface area contributed by atoms with Gasteiger partial charge in [0.05, 0.1) is 11.1 Å². The Morgan fingerprint density at radius 2 is 1.90 bits per heavy atom. The van der Waals surface area contributed by atoms with Gasteiger partial charge >= 0.3 is 0 Å². The summed E-state index contributed by atoms with van der Waals surface area (Å²) in [6.45, 7) is 0.215. The van der Waals surface area contributed by atoms with E-state index < -0.39 is 0 Å². The lowest BCUT2D eigenvalue weighted by molar-refractivity contribution is -0.135. The van der Waals surface area contributed by atoms with Crippen LogP contribution in [0.1, 0.15) is 23.9 Å². The Morgan fingerprint density at radius 1 is 1.10 bits per heavy atom. The van der Waals surface area contributed by atoms with Gasteiger partial charge in [0, 0.05) is 18.0 Å². The first-order chi connectivity index (χ1) is 14.2. The second-order valence-corrected chi connectivity index (χ2v) is 7.41. The summed E-state index contributed by atoms with van der Waals surface area (Å²) in [6, 6.07) is 17.3. The van der Waals surface area contributed by atoms with Crippen LogP contribution in [0.5, 0.6) is 0 Å². The van der Waals surface area contributed by atoms with Crippen LogP contribution < -0.4 is 5.43 Å². The molecule has 2 aliphatic rings. The van der Waals surface area contributed by atoms with Crippen molar-refractivity contribution >= 4 is 17.5 Å². The number of hydrogen-bond acceptors (Lipinski definition) is 6. The molecule has 5 rings (SSSR count). The number of halogens is 1. The number of carbonyl (C=O) groups is 1. The van der Waals surface area contributed by atoms with Crippen molar-refractivity contribution in [3.8, 4) is 11.4 Å². The molecule has 0 aliphatic carbocycles. The summed E-state index contributed by atoms with van der Waals surface area (Å²) in [4.78, 5) is 19.0. The Kier molecular flexibility index (Phi) is 4.54. The lowest BCUT2D eigenvalue weighted by atomic mass is 10.0. The van der Waals surface area contributed by atoms with Gasteiger partial charge in [-0.2, -0.15) is 4.98 Å². The zero-order valence-corrected chi connectivity index (χ0v) is 16.2. The van der Waals surface area contributed by atoms with Crippen LogP contribution in [0.15, 0.2) is 71.5 Å². The molecule has 2 aromatic carbocycles. The Hall–Kier alpha value is -3.16. The summed E-state index contributed by atoms with van der Waals surface area (Å²) in [6.07, 6.45) is 4.30. The normalized spacial score (nSPS) is 20.9. The topological polar surface area (TPSA) is 74.5 Å². The summed E-state index contributed by atoms with van der Waals surface area (Å²) in [5.74, 6) is 0.764. The van der Waals surface area contributed by atoms with Crippen molar-refractivity contribution in [2.45, 2.75) is 25.0 Å². The molecule has 2 aliphatic heterocycles. The number of nitrogens with one attached hydrogen (secondary N) is 1. The lowest BCUT2D eigenvalue weighted by Crippen LogP contribution is -2.47. The molecule has 1 fully saturated rings. The molecule has 1 aromatic heterocycles. The van der Waals surface area contributed by atoms with Crippen LogP contribution in [0.25, 0.3) is 11.4 Å². The molecule has 29 heavy (non-hydrogen) atoms. The van der Waals surface area contributed by atoms with Gasteiger partial charge in [0.1, 0.15) is 12.6 Å². The average Bonchev–Trinajstić information content (AvgIpc) is 3.39. The molecule has 146 valence electrons. The fourth-order valence-corrected chi connectivity index (χ4v) is 3.91. The fraction of sp³-hybridized carbons (Fsp3) is 0.190. The van der Waals surface area contributed by atoms with E-state index in [2.05, 4.69) is 27.7 Å². The number of aromatic nitrogens is 2. The van der Waals surface area contributed by atoms with E-state index in [0.717, 1.165) is 5.56 Å². The highest BCUT2D eigenvalue weighted by molar-refractivity contribution is 6.33. The third kappa shape index (κ3) is 3.39. The lowest BCUT2D eigenvalue weighted by Gasteiger charge is -2.30. The number of amides is 1. The summed E-state index contributed by atoms with van der Waals surface area (Å²) in [7, 11) is 0. The summed E-state index contributed by atoms with van der Waals surface area (Å²) >= 11 is 6.20. The maximum absolute atomic E-state index is 13.0. The van der Waals surface area contributed by atoms with Crippen molar-refractivity contribution in [2.24, 2.45) is 0 Å².